The molecule has 1 aromatic carbocycles. The van der Waals surface area contributed by atoms with Crippen molar-refractivity contribution >= 4 is 35.5 Å². The molecule has 0 saturated carbocycles. The summed E-state index contributed by atoms with van der Waals surface area (Å²) in [6, 6.07) is 6.67. The van der Waals surface area contributed by atoms with Crippen LogP contribution in [-0.4, -0.2) is 68.1 Å². The first kappa shape index (κ1) is 26.0. The Morgan fingerprint density at radius 1 is 1.21 bits per heavy atom. The van der Waals surface area contributed by atoms with Crippen molar-refractivity contribution in [3.8, 4) is 0 Å². The van der Waals surface area contributed by atoms with Gasteiger partial charge in [0.1, 0.15) is 29.1 Å². The van der Waals surface area contributed by atoms with Gasteiger partial charge in [0.15, 0.2) is 0 Å². The average molecular weight is 492 g/mol. The molecule has 0 radical (unpaired) electrons. The van der Waals surface area contributed by atoms with E-state index in [0.717, 1.165) is 5.56 Å². The Bertz CT molecular complexity index is 946. The number of nitrogens with one attached hydrogen (secondary N) is 2. The van der Waals surface area contributed by atoms with Crippen LogP contribution in [0.1, 0.15) is 59.1 Å². The maximum absolute atomic E-state index is 13.2. The van der Waals surface area contributed by atoms with Gasteiger partial charge in [-0.25, -0.2) is 4.79 Å². The van der Waals surface area contributed by atoms with E-state index in [0.29, 0.717) is 13.0 Å². The summed E-state index contributed by atoms with van der Waals surface area (Å²) in [5.41, 5.74) is 0.177. The van der Waals surface area contributed by atoms with Crippen LogP contribution in [0.3, 0.4) is 0 Å². The molecule has 0 spiro atoms. The molecule has 186 valence electrons. The zero-order chi connectivity index (χ0) is 25.3. The van der Waals surface area contributed by atoms with E-state index in [4.69, 9.17) is 4.74 Å². The maximum Gasteiger partial charge on any atom is 0.327 e. The number of rotatable bonds is 9. The van der Waals surface area contributed by atoms with E-state index in [2.05, 4.69) is 10.6 Å². The number of ether oxygens (including phenoxy) is 1. The zero-order valence-corrected chi connectivity index (χ0v) is 21.0. The highest BCUT2D eigenvalue weighted by atomic mass is 32.2. The van der Waals surface area contributed by atoms with Crippen LogP contribution in [-0.2, 0) is 23.9 Å². The van der Waals surface area contributed by atoms with Crippen LogP contribution in [0, 0.1) is 0 Å². The molecular weight excluding hydrogens is 458 g/mol. The van der Waals surface area contributed by atoms with Gasteiger partial charge in [-0.3, -0.25) is 14.4 Å². The molecule has 2 aliphatic rings. The molecule has 2 saturated heterocycles. The summed E-state index contributed by atoms with van der Waals surface area (Å²) in [5, 5.41) is 15.2. The smallest absolute Gasteiger partial charge is 0.327 e. The fourth-order valence-electron chi connectivity index (χ4n) is 4.26. The number of fused-ring (bicyclic) bond motifs is 1. The van der Waals surface area contributed by atoms with Crippen molar-refractivity contribution in [2.75, 3.05) is 6.54 Å². The average Bonchev–Trinajstić information content (AvgIpc) is 2.99. The summed E-state index contributed by atoms with van der Waals surface area (Å²) in [4.78, 5) is 51.0. The lowest BCUT2D eigenvalue weighted by Gasteiger charge is -2.44. The second-order valence-electron chi connectivity index (χ2n) is 10.1. The number of hydrogen-bond acceptors (Lipinski definition) is 7. The van der Waals surface area contributed by atoms with Gasteiger partial charge in [0.25, 0.3) is 0 Å². The number of carbonyl (C=O) groups is 4. The van der Waals surface area contributed by atoms with Crippen LogP contribution in [0.5, 0.6) is 0 Å². The monoisotopic (exact) mass is 491 g/mol. The van der Waals surface area contributed by atoms with E-state index >= 15 is 0 Å². The van der Waals surface area contributed by atoms with E-state index in [-0.39, 0.29) is 24.2 Å². The van der Waals surface area contributed by atoms with Gasteiger partial charge in [-0.15, -0.1) is 11.8 Å². The highest BCUT2D eigenvalue weighted by Crippen LogP contribution is 2.50. The lowest BCUT2D eigenvalue weighted by atomic mass is 9.95. The van der Waals surface area contributed by atoms with E-state index in [9.17, 15) is 24.3 Å². The number of β-lactam (4-membered cyclic amide) rings is 1. The number of carbonyl (C=O) groups excluding carboxylic acids is 3. The Hall–Kier alpha value is -2.59. The third-order valence-corrected chi connectivity index (χ3v) is 7.27. The Kier molecular flexibility index (Phi) is 7.62. The first-order chi connectivity index (χ1) is 15.8. The third-order valence-electron chi connectivity index (χ3n) is 5.69. The van der Waals surface area contributed by atoms with Crippen molar-refractivity contribution in [1.29, 1.82) is 0 Å². The molecule has 2 amide bonds. The minimum atomic E-state index is -1.05. The van der Waals surface area contributed by atoms with Crippen molar-refractivity contribution in [1.82, 2.24) is 15.5 Å². The van der Waals surface area contributed by atoms with Gasteiger partial charge in [-0.2, -0.15) is 0 Å². The lowest BCUT2D eigenvalue weighted by molar-refractivity contribution is -0.161. The Morgan fingerprint density at radius 3 is 2.44 bits per heavy atom. The summed E-state index contributed by atoms with van der Waals surface area (Å²) in [5.74, 6) is -2.12. The quantitative estimate of drug-likeness (QED) is 0.272. The number of benzene rings is 1. The first-order valence-corrected chi connectivity index (χ1v) is 12.2. The van der Waals surface area contributed by atoms with Crippen molar-refractivity contribution in [2.45, 2.75) is 81.3 Å². The molecule has 2 aliphatic heterocycles. The molecule has 2 fully saturated rings. The predicted molar refractivity (Wildman–Crippen MR) is 128 cm³/mol. The maximum atomic E-state index is 13.2. The van der Waals surface area contributed by atoms with Crippen molar-refractivity contribution in [2.24, 2.45) is 0 Å². The van der Waals surface area contributed by atoms with Gasteiger partial charge in [0.05, 0.1) is 0 Å². The van der Waals surface area contributed by atoms with Crippen molar-refractivity contribution < 1.29 is 29.0 Å². The fraction of sp³-hybridized carbons (Fsp3) is 0.583. The van der Waals surface area contributed by atoms with Crippen molar-refractivity contribution in [3.05, 3.63) is 35.9 Å². The summed E-state index contributed by atoms with van der Waals surface area (Å²) in [7, 11) is 0. The number of thioether (sulfide) groups is 1. The second kappa shape index (κ2) is 9.95. The van der Waals surface area contributed by atoms with Crippen LogP contribution in [0.2, 0.25) is 0 Å². The molecule has 0 bridgehead atoms. The molecule has 2 heterocycles. The van der Waals surface area contributed by atoms with Gasteiger partial charge in [0, 0.05) is 11.2 Å². The van der Waals surface area contributed by atoms with E-state index in [1.807, 2.05) is 51.1 Å². The fourth-order valence-corrected chi connectivity index (χ4v) is 5.89. The minimum absolute atomic E-state index is 0.216. The van der Waals surface area contributed by atoms with E-state index in [1.54, 1.807) is 13.8 Å². The highest BCUT2D eigenvalue weighted by molar-refractivity contribution is 8.01. The van der Waals surface area contributed by atoms with Crippen LogP contribution >= 0.6 is 11.8 Å². The van der Waals surface area contributed by atoms with Gasteiger partial charge in [-0.1, -0.05) is 30.3 Å². The molecule has 34 heavy (non-hydrogen) atoms. The van der Waals surface area contributed by atoms with Gasteiger partial charge >= 0.3 is 11.9 Å². The Morgan fingerprint density at radius 2 is 1.85 bits per heavy atom. The first-order valence-electron chi connectivity index (χ1n) is 11.4. The topological polar surface area (TPSA) is 125 Å². The van der Waals surface area contributed by atoms with Crippen molar-refractivity contribution in [3.63, 3.8) is 0 Å². The Balaban J connectivity index is 1.63. The SMILES string of the molecule is CC(C)(C)OC(=O)CCCNC(C(=O)N[C@@H]1C(=O)N2[C@@H]1SC(C)(C)[C@@H]2C(=O)O)c1ccccc1. The molecule has 1 aromatic rings. The molecule has 0 aliphatic carbocycles. The highest BCUT2D eigenvalue weighted by Gasteiger charge is 2.64. The van der Waals surface area contributed by atoms with Crippen LogP contribution in [0.15, 0.2) is 30.3 Å². The molecule has 3 N–H and O–H groups in total. The Labute approximate surface area is 204 Å². The minimum Gasteiger partial charge on any atom is -0.480 e. The number of hydrogen-bond donors (Lipinski definition) is 3. The lowest BCUT2D eigenvalue weighted by Crippen LogP contribution is -2.71. The third kappa shape index (κ3) is 5.72. The molecule has 9 nitrogen and oxygen atoms in total. The molecule has 10 heteroatoms. The number of esters is 1. The second-order valence-corrected chi connectivity index (χ2v) is 11.8. The molecule has 4 atom stereocenters. The number of amides is 2. The summed E-state index contributed by atoms with van der Waals surface area (Å²) < 4.78 is 4.65. The standard InChI is InChI=1S/C24H33N3O6S/c1-23(2,3)33-15(28)12-9-13-25-16(14-10-7-6-8-11-14)19(29)26-17-20(30)27-18(22(31)32)24(4,5)34-21(17)27/h6-8,10-11,16-18,21,25H,9,12-13H2,1-5H3,(H,26,29)(H,31,32)/t16?,17-,18+,21-/m1/s1. The van der Waals surface area contributed by atoms with E-state index < -0.39 is 39.8 Å². The number of aliphatic carboxylic acids is 1. The summed E-state index contributed by atoms with van der Waals surface area (Å²) in [6.45, 7) is 9.40. The van der Waals surface area contributed by atoms with E-state index in [1.165, 1.54) is 16.7 Å². The zero-order valence-electron chi connectivity index (χ0n) is 20.2. The van der Waals surface area contributed by atoms with Gasteiger partial charge in [0.2, 0.25) is 11.8 Å². The predicted octanol–water partition coefficient (Wildman–Crippen LogP) is 2.07. The van der Waals surface area contributed by atoms with Gasteiger partial charge in [-0.05, 0) is 53.1 Å². The molecule has 1 unspecified atom stereocenters. The molecule has 0 aromatic heterocycles. The van der Waals surface area contributed by atoms with Crippen LogP contribution in [0.4, 0.5) is 0 Å². The van der Waals surface area contributed by atoms with Crippen LogP contribution < -0.4 is 10.6 Å². The molecule has 3 rings (SSSR count). The summed E-state index contributed by atoms with van der Waals surface area (Å²) in [6.07, 6.45) is 0.697. The molecular formula is C24H33N3O6S. The summed E-state index contributed by atoms with van der Waals surface area (Å²) >= 11 is 1.38. The number of carboxylic acid groups (broad SMARTS) is 1. The number of nitrogens with zero attached hydrogens (tertiary/aromatic N) is 1. The van der Waals surface area contributed by atoms with Crippen LogP contribution in [0.25, 0.3) is 0 Å². The normalized spacial score (nSPS) is 24.1. The number of carboxylic acids is 1. The largest absolute Gasteiger partial charge is 0.480 e. The van der Waals surface area contributed by atoms with Gasteiger partial charge < -0.3 is 25.4 Å².